The average molecular weight is 558 g/mol. The van der Waals surface area contributed by atoms with Gasteiger partial charge in [0.1, 0.15) is 0 Å². The Labute approximate surface area is 233 Å². The molecule has 1 atom stereocenters. The molecule has 1 saturated heterocycles. The molecule has 37 heavy (non-hydrogen) atoms. The largest absolute Gasteiger partial charge is 0.385 e. The fourth-order valence-electron chi connectivity index (χ4n) is 5.42. The number of benzene rings is 3. The van der Waals surface area contributed by atoms with Crippen molar-refractivity contribution < 1.29 is 5.11 Å². The van der Waals surface area contributed by atoms with Crippen molar-refractivity contribution in [1.29, 1.82) is 0 Å². The molecule has 0 amide bonds. The number of hydrogen-bond donors (Lipinski definition) is 1. The third-order valence-electron chi connectivity index (χ3n) is 7.62. The van der Waals surface area contributed by atoms with Gasteiger partial charge in [-0.2, -0.15) is 0 Å². The van der Waals surface area contributed by atoms with E-state index in [0.29, 0.717) is 28.3 Å². The van der Waals surface area contributed by atoms with Gasteiger partial charge in [-0.15, -0.1) is 12.4 Å². The molecule has 1 aliphatic rings. The maximum atomic E-state index is 13.2. The van der Waals surface area contributed by atoms with Gasteiger partial charge < -0.3 is 14.6 Å². The Bertz CT molecular complexity index is 1430. The maximum Gasteiger partial charge on any atom is 0.258 e. The molecular weight excluding hydrogens is 527 g/mol. The number of aliphatic hydroxyl groups is 1. The minimum Gasteiger partial charge on any atom is -0.385 e. The summed E-state index contributed by atoms with van der Waals surface area (Å²) in [5, 5.41) is 13.9. The topological polar surface area (TPSA) is 45.5 Å². The maximum absolute atomic E-state index is 13.2. The van der Waals surface area contributed by atoms with Gasteiger partial charge in [0.2, 0.25) is 0 Å². The smallest absolute Gasteiger partial charge is 0.258 e. The third-order valence-corrected chi connectivity index (χ3v) is 8.36. The zero-order valence-corrected chi connectivity index (χ0v) is 23.1. The van der Waals surface area contributed by atoms with Crippen LogP contribution >= 0.6 is 35.6 Å². The Morgan fingerprint density at radius 1 is 0.919 bits per heavy atom. The summed E-state index contributed by atoms with van der Waals surface area (Å²) in [4.78, 5) is 15.6. The summed E-state index contributed by atoms with van der Waals surface area (Å²) in [7, 11) is 1.84. The van der Waals surface area contributed by atoms with Crippen LogP contribution in [0.3, 0.4) is 0 Å². The summed E-state index contributed by atoms with van der Waals surface area (Å²) in [6.07, 6.45) is 2.21. The molecule has 7 heteroatoms. The second-order valence-electron chi connectivity index (χ2n) is 9.77. The lowest BCUT2D eigenvalue weighted by Crippen LogP contribution is -2.43. The molecule has 4 aromatic rings. The average Bonchev–Trinajstić information content (AvgIpc) is 2.90. The van der Waals surface area contributed by atoms with E-state index in [-0.39, 0.29) is 23.9 Å². The first kappa shape index (κ1) is 27.7. The van der Waals surface area contributed by atoms with E-state index in [4.69, 9.17) is 23.2 Å². The number of nitrogens with zero attached hydrogens (tertiary/aromatic N) is 2. The molecule has 194 valence electrons. The lowest BCUT2D eigenvalue weighted by atomic mass is 9.84. The van der Waals surface area contributed by atoms with Crippen molar-refractivity contribution in [2.45, 2.75) is 30.8 Å². The first-order chi connectivity index (χ1) is 17.4. The van der Waals surface area contributed by atoms with Crippen LogP contribution in [0.5, 0.6) is 0 Å². The van der Waals surface area contributed by atoms with Crippen molar-refractivity contribution in [3.8, 4) is 0 Å². The number of halogens is 3. The molecule has 3 aromatic carbocycles. The predicted molar refractivity (Wildman–Crippen MR) is 155 cm³/mol. The van der Waals surface area contributed by atoms with Crippen LogP contribution in [-0.2, 0) is 12.6 Å². The molecule has 1 aromatic heterocycles. The third kappa shape index (κ3) is 5.74. The molecular formula is C30H31Cl3N2O2. The summed E-state index contributed by atoms with van der Waals surface area (Å²) < 4.78 is 1.76. The number of pyridine rings is 1. The fraction of sp³-hybridized carbons (Fsp3) is 0.300. The first-order valence-corrected chi connectivity index (χ1v) is 13.2. The zero-order valence-electron chi connectivity index (χ0n) is 20.7. The van der Waals surface area contributed by atoms with Gasteiger partial charge in [0.15, 0.2) is 0 Å². The summed E-state index contributed by atoms with van der Waals surface area (Å²) in [6, 6.07) is 25.5. The molecule has 2 heterocycles. The number of hydrogen-bond acceptors (Lipinski definition) is 3. The van der Waals surface area contributed by atoms with Gasteiger partial charge in [-0.1, -0.05) is 77.8 Å². The van der Waals surface area contributed by atoms with Crippen LogP contribution in [0.2, 0.25) is 10.0 Å². The van der Waals surface area contributed by atoms with Crippen LogP contribution in [0.1, 0.15) is 42.0 Å². The molecule has 0 spiro atoms. The van der Waals surface area contributed by atoms with E-state index in [1.165, 1.54) is 0 Å². The van der Waals surface area contributed by atoms with Gasteiger partial charge in [-0.25, -0.2) is 0 Å². The van der Waals surface area contributed by atoms with Crippen molar-refractivity contribution in [3.63, 3.8) is 0 Å². The van der Waals surface area contributed by atoms with Crippen LogP contribution in [0.4, 0.5) is 0 Å². The molecule has 0 radical (unpaired) electrons. The lowest BCUT2D eigenvalue weighted by molar-refractivity contribution is -0.0262. The Morgan fingerprint density at radius 3 is 2.30 bits per heavy atom. The molecule has 5 rings (SSSR count). The number of likely N-dealkylation sites (tertiary alicyclic amines) is 1. The van der Waals surface area contributed by atoms with E-state index in [1.54, 1.807) is 4.57 Å². The highest BCUT2D eigenvalue weighted by Gasteiger charge is 2.34. The molecule has 1 unspecified atom stereocenters. The zero-order chi connectivity index (χ0) is 25.3. The van der Waals surface area contributed by atoms with Crippen LogP contribution in [0, 0.1) is 0 Å². The Kier molecular flexibility index (Phi) is 8.67. The van der Waals surface area contributed by atoms with E-state index in [9.17, 15) is 9.90 Å². The fourth-order valence-corrected chi connectivity index (χ4v) is 5.72. The summed E-state index contributed by atoms with van der Waals surface area (Å²) >= 11 is 12.6. The van der Waals surface area contributed by atoms with Crippen LogP contribution < -0.4 is 5.56 Å². The van der Waals surface area contributed by atoms with Gasteiger partial charge in [-0.3, -0.25) is 4.79 Å². The standard InChI is InChI=1S/C30H30Cl2N2O2.ClH/c1-33-28(20-21-7-5-6-10-25(21)29(33)35)24(22-11-12-26(31)27(32)19-22)13-16-34-17-14-30(36,15-18-34)23-8-3-2-4-9-23;/h2-12,19-20,24,36H,13-18H2,1H3;1H. The summed E-state index contributed by atoms with van der Waals surface area (Å²) in [6.45, 7) is 2.48. The molecule has 4 nitrogen and oxygen atoms in total. The first-order valence-electron chi connectivity index (χ1n) is 12.4. The molecule has 0 saturated carbocycles. The van der Waals surface area contributed by atoms with Crippen molar-refractivity contribution in [2.75, 3.05) is 19.6 Å². The monoisotopic (exact) mass is 556 g/mol. The van der Waals surface area contributed by atoms with Crippen LogP contribution in [0.25, 0.3) is 10.8 Å². The quantitative estimate of drug-likeness (QED) is 0.284. The molecule has 1 N–H and O–H groups in total. The highest BCUT2D eigenvalue weighted by molar-refractivity contribution is 6.42. The highest BCUT2D eigenvalue weighted by Crippen LogP contribution is 2.35. The minimum absolute atomic E-state index is 0. The second-order valence-corrected chi connectivity index (χ2v) is 10.6. The Balaban J connectivity index is 0.00000320. The van der Waals surface area contributed by atoms with Gasteiger partial charge >= 0.3 is 0 Å². The Hall–Kier alpha value is -2.34. The molecule has 1 fully saturated rings. The van der Waals surface area contributed by atoms with Crippen molar-refractivity contribution in [1.82, 2.24) is 9.47 Å². The highest BCUT2D eigenvalue weighted by atomic mass is 35.5. The molecule has 1 aliphatic heterocycles. The number of fused-ring (bicyclic) bond motifs is 1. The Morgan fingerprint density at radius 2 is 1.59 bits per heavy atom. The normalized spacial score (nSPS) is 16.3. The van der Waals surface area contributed by atoms with Crippen LogP contribution in [-0.4, -0.2) is 34.2 Å². The van der Waals surface area contributed by atoms with Crippen LogP contribution in [0.15, 0.2) is 83.7 Å². The van der Waals surface area contributed by atoms with Gasteiger partial charge in [-0.05, 0) is 66.6 Å². The van der Waals surface area contributed by atoms with E-state index < -0.39 is 5.60 Å². The minimum atomic E-state index is -0.775. The van der Waals surface area contributed by atoms with E-state index in [1.807, 2.05) is 79.8 Å². The van der Waals surface area contributed by atoms with Crippen molar-refractivity contribution in [3.05, 3.63) is 116 Å². The van der Waals surface area contributed by atoms with Crippen molar-refractivity contribution >= 4 is 46.4 Å². The predicted octanol–water partition coefficient (Wildman–Crippen LogP) is 6.77. The summed E-state index contributed by atoms with van der Waals surface area (Å²) in [5.41, 5.74) is 2.20. The van der Waals surface area contributed by atoms with Gasteiger partial charge in [0.25, 0.3) is 5.56 Å². The van der Waals surface area contributed by atoms with Gasteiger partial charge in [0.05, 0.1) is 15.6 Å². The number of rotatable bonds is 6. The number of piperidine rings is 1. The molecule has 0 aliphatic carbocycles. The van der Waals surface area contributed by atoms with E-state index in [0.717, 1.165) is 48.3 Å². The lowest BCUT2D eigenvalue weighted by Gasteiger charge is -2.39. The van der Waals surface area contributed by atoms with Gasteiger partial charge in [0, 0.05) is 37.1 Å². The van der Waals surface area contributed by atoms with E-state index in [2.05, 4.69) is 11.0 Å². The van der Waals surface area contributed by atoms with E-state index >= 15 is 0 Å². The molecule has 0 bridgehead atoms. The number of aromatic nitrogens is 1. The second kappa shape index (κ2) is 11.6. The summed E-state index contributed by atoms with van der Waals surface area (Å²) in [5.74, 6) is -0.0305. The SMILES string of the molecule is Cl.Cn1c(C(CCN2CCC(O)(c3ccccc3)CC2)c2ccc(Cl)c(Cl)c2)cc2ccccc2c1=O. The van der Waals surface area contributed by atoms with Crippen molar-refractivity contribution in [2.24, 2.45) is 7.05 Å².